The molecule has 11 heteroatoms. The molecule has 1 fully saturated rings. The highest BCUT2D eigenvalue weighted by Crippen LogP contribution is 2.22. The van der Waals surface area contributed by atoms with E-state index in [1.165, 1.54) is 0 Å². The third-order valence-electron chi connectivity index (χ3n) is 2.71. The van der Waals surface area contributed by atoms with Gasteiger partial charge in [-0.15, -0.1) is 0 Å². The Hall–Kier alpha value is -2.08. The van der Waals surface area contributed by atoms with Crippen molar-refractivity contribution in [3.63, 3.8) is 0 Å². The lowest BCUT2D eigenvalue weighted by Crippen LogP contribution is -2.36. The normalized spacial score (nSPS) is 28.4. The summed E-state index contributed by atoms with van der Waals surface area (Å²) in [4.78, 5) is 27.4. The highest BCUT2D eigenvalue weighted by molar-refractivity contribution is 5.83. The molecule has 0 aliphatic carbocycles. The first kappa shape index (κ1) is 15.3. The quantitative estimate of drug-likeness (QED) is 0.425. The Balaban J connectivity index is 1.99. The van der Waals surface area contributed by atoms with Gasteiger partial charge in [0.2, 0.25) is 6.29 Å². The maximum atomic E-state index is 13.2. The average Bonchev–Trinajstić information content (AvgIpc) is 2.70. The van der Waals surface area contributed by atoms with E-state index >= 15 is 0 Å². The number of aliphatic hydroxyl groups is 3. The second kappa shape index (κ2) is 6.13. The first-order chi connectivity index (χ1) is 9.92. The molecule has 0 aromatic carbocycles. The maximum Gasteiger partial charge on any atom is 0.415 e. The third kappa shape index (κ3) is 3.33. The van der Waals surface area contributed by atoms with E-state index in [9.17, 15) is 24.2 Å². The fourth-order valence-corrected chi connectivity index (χ4v) is 1.67. The van der Waals surface area contributed by atoms with Crippen molar-refractivity contribution >= 4 is 11.9 Å². The number of rotatable bonds is 3. The molecule has 0 saturated carbocycles. The molecule has 1 unspecified atom stereocenters. The number of hydrogen-bond donors (Lipinski definition) is 5. The lowest BCUT2D eigenvalue weighted by molar-refractivity contribution is -0.132. The van der Waals surface area contributed by atoms with Crippen molar-refractivity contribution in [1.82, 2.24) is 9.97 Å². The van der Waals surface area contributed by atoms with Gasteiger partial charge in [0.05, 0.1) is 12.8 Å². The second-order valence-corrected chi connectivity index (χ2v) is 4.15. The summed E-state index contributed by atoms with van der Waals surface area (Å²) in [5.41, 5.74) is -0.889. The summed E-state index contributed by atoms with van der Waals surface area (Å²) in [5.74, 6) is -1.58. The summed E-state index contributed by atoms with van der Waals surface area (Å²) < 4.78 is 22.8. The number of nitrogens with one attached hydrogen (secondary N) is 2. The molecule has 4 atom stereocenters. The van der Waals surface area contributed by atoms with E-state index in [-0.39, 0.29) is 0 Å². The van der Waals surface area contributed by atoms with E-state index in [1.807, 2.05) is 10.3 Å². The van der Waals surface area contributed by atoms with Crippen LogP contribution in [0.2, 0.25) is 0 Å². The molecule has 2 rings (SSSR count). The lowest BCUT2D eigenvalue weighted by atomic mass is 10.1. The molecule has 1 aliphatic rings. The molecule has 1 saturated heterocycles. The van der Waals surface area contributed by atoms with Gasteiger partial charge in [-0.3, -0.25) is 10.3 Å². The first-order valence-electron chi connectivity index (χ1n) is 5.77. The number of carbonyl (C=O) groups is 1. The molecule has 1 aromatic heterocycles. The predicted octanol–water partition coefficient (Wildman–Crippen LogP) is -2.10. The summed E-state index contributed by atoms with van der Waals surface area (Å²) in [6.07, 6.45) is -6.32. The van der Waals surface area contributed by atoms with Gasteiger partial charge in [-0.25, -0.2) is 14.0 Å². The van der Waals surface area contributed by atoms with E-state index < -0.39 is 54.6 Å². The summed E-state index contributed by atoms with van der Waals surface area (Å²) in [7, 11) is 0. The Morgan fingerprint density at radius 1 is 1.52 bits per heavy atom. The number of carbonyl (C=O) groups excluding carboxylic acids is 1. The van der Waals surface area contributed by atoms with Crippen molar-refractivity contribution in [2.75, 3.05) is 11.9 Å². The van der Waals surface area contributed by atoms with Crippen LogP contribution in [0.4, 0.5) is 15.0 Å². The SMILES string of the molecule is O=C(Nc1[nH]c(=O)ncc1F)OC1O[C@H](CO)[C@@H](O)[C@H]1O. The number of anilines is 1. The molecule has 1 aromatic rings. The van der Waals surface area contributed by atoms with Crippen LogP contribution in [0.3, 0.4) is 0 Å². The maximum absolute atomic E-state index is 13.2. The van der Waals surface area contributed by atoms with Crippen molar-refractivity contribution in [2.45, 2.75) is 24.6 Å². The van der Waals surface area contributed by atoms with Crippen molar-refractivity contribution in [2.24, 2.45) is 0 Å². The topological polar surface area (TPSA) is 154 Å². The van der Waals surface area contributed by atoms with Crippen molar-refractivity contribution in [3.8, 4) is 0 Å². The van der Waals surface area contributed by atoms with Gasteiger partial charge in [-0.1, -0.05) is 0 Å². The third-order valence-corrected chi connectivity index (χ3v) is 2.71. The number of aromatic amines is 1. The van der Waals surface area contributed by atoms with E-state index in [0.29, 0.717) is 6.20 Å². The van der Waals surface area contributed by atoms with E-state index in [4.69, 9.17) is 9.84 Å². The molecule has 2 heterocycles. The van der Waals surface area contributed by atoms with Gasteiger partial charge in [-0.2, -0.15) is 4.98 Å². The predicted molar refractivity (Wildman–Crippen MR) is 62.7 cm³/mol. The molecule has 0 spiro atoms. The monoisotopic (exact) mass is 305 g/mol. The van der Waals surface area contributed by atoms with Crippen LogP contribution in [0.25, 0.3) is 0 Å². The zero-order valence-corrected chi connectivity index (χ0v) is 10.4. The van der Waals surface area contributed by atoms with Gasteiger partial charge < -0.3 is 24.8 Å². The highest BCUT2D eigenvalue weighted by atomic mass is 19.1. The zero-order chi connectivity index (χ0) is 15.6. The van der Waals surface area contributed by atoms with Crippen LogP contribution < -0.4 is 11.0 Å². The summed E-state index contributed by atoms with van der Waals surface area (Å²) in [5, 5.41) is 29.7. The van der Waals surface area contributed by atoms with Crippen molar-refractivity contribution < 1.29 is 34.0 Å². The first-order valence-corrected chi connectivity index (χ1v) is 5.77. The fourth-order valence-electron chi connectivity index (χ4n) is 1.67. The van der Waals surface area contributed by atoms with Crippen LogP contribution in [0.15, 0.2) is 11.0 Å². The molecule has 0 radical (unpaired) electrons. The Labute approximate surface area is 116 Å². The Kier molecular flexibility index (Phi) is 4.47. The van der Waals surface area contributed by atoms with Gasteiger partial charge in [0.1, 0.15) is 18.3 Å². The molecule has 5 N–H and O–H groups in total. The number of aromatic nitrogens is 2. The van der Waals surface area contributed by atoms with Gasteiger partial charge in [0, 0.05) is 0 Å². The van der Waals surface area contributed by atoms with Crippen LogP contribution >= 0.6 is 0 Å². The van der Waals surface area contributed by atoms with E-state index in [1.54, 1.807) is 0 Å². The number of hydrogen-bond acceptors (Lipinski definition) is 8. The number of ether oxygens (including phenoxy) is 2. The van der Waals surface area contributed by atoms with Gasteiger partial charge in [0.25, 0.3) is 0 Å². The number of amides is 1. The minimum absolute atomic E-state index is 0.577. The second-order valence-electron chi connectivity index (χ2n) is 4.15. The number of nitrogens with zero attached hydrogens (tertiary/aromatic N) is 1. The molecule has 1 amide bonds. The lowest BCUT2D eigenvalue weighted by Gasteiger charge is -2.15. The molecule has 21 heavy (non-hydrogen) atoms. The van der Waals surface area contributed by atoms with Crippen LogP contribution in [-0.4, -0.2) is 62.6 Å². The smallest absolute Gasteiger partial charge is 0.415 e. The molecular formula is C10H12FN3O7. The van der Waals surface area contributed by atoms with Gasteiger partial charge >= 0.3 is 11.8 Å². The molecule has 1 aliphatic heterocycles. The molecule has 0 bridgehead atoms. The van der Waals surface area contributed by atoms with Crippen molar-refractivity contribution in [1.29, 1.82) is 0 Å². The Bertz CT molecular complexity index is 580. The average molecular weight is 305 g/mol. The fraction of sp³-hybridized carbons (Fsp3) is 0.500. The van der Waals surface area contributed by atoms with Gasteiger partial charge in [0.15, 0.2) is 11.6 Å². The van der Waals surface area contributed by atoms with E-state index in [0.717, 1.165) is 0 Å². The zero-order valence-electron chi connectivity index (χ0n) is 10.4. The Morgan fingerprint density at radius 2 is 2.24 bits per heavy atom. The van der Waals surface area contributed by atoms with Crippen molar-refractivity contribution in [3.05, 3.63) is 22.5 Å². The summed E-state index contributed by atoms with van der Waals surface area (Å²) in [6.45, 7) is -0.591. The largest absolute Gasteiger partial charge is 0.416 e. The summed E-state index contributed by atoms with van der Waals surface area (Å²) in [6, 6.07) is 0. The Morgan fingerprint density at radius 3 is 2.86 bits per heavy atom. The molecule has 116 valence electrons. The highest BCUT2D eigenvalue weighted by Gasteiger charge is 2.44. The van der Waals surface area contributed by atoms with Crippen LogP contribution in [0.1, 0.15) is 0 Å². The molecule has 10 nitrogen and oxygen atoms in total. The van der Waals surface area contributed by atoms with Crippen LogP contribution in [-0.2, 0) is 9.47 Å². The minimum atomic E-state index is -1.57. The standard InChI is InChI=1S/C10H12FN3O7/c11-3-1-12-9(18)13-7(3)14-10(19)21-8-6(17)5(16)4(2-15)20-8/h1,4-6,8,15-17H,2H2,(H2,12,13,14,18,19)/t4-,5-,6-,8?/m1/s1. The summed E-state index contributed by atoms with van der Waals surface area (Å²) >= 11 is 0. The van der Waals surface area contributed by atoms with Crippen LogP contribution in [0.5, 0.6) is 0 Å². The van der Waals surface area contributed by atoms with E-state index in [2.05, 4.69) is 9.72 Å². The number of halogens is 1. The van der Waals surface area contributed by atoms with Crippen LogP contribution in [0, 0.1) is 5.82 Å². The molecular weight excluding hydrogens is 293 g/mol. The minimum Gasteiger partial charge on any atom is -0.416 e. The number of H-pyrrole nitrogens is 1. The van der Waals surface area contributed by atoms with Gasteiger partial charge in [-0.05, 0) is 0 Å². The number of aliphatic hydroxyl groups excluding tert-OH is 3.